The van der Waals surface area contributed by atoms with E-state index < -0.39 is 11.4 Å². The van der Waals surface area contributed by atoms with Crippen LogP contribution in [0.15, 0.2) is 54.1 Å². The fourth-order valence-corrected chi connectivity index (χ4v) is 4.23. The van der Waals surface area contributed by atoms with Crippen LogP contribution in [0, 0.1) is 11.7 Å². The predicted molar refractivity (Wildman–Crippen MR) is 106 cm³/mol. The van der Waals surface area contributed by atoms with Gasteiger partial charge >= 0.3 is 0 Å². The maximum absolute atomic E-state index is 13.7. The van der Waals surface area contributed by atoms with Crippen LogP contribution in [0.25, 0.3) is 6.08 Å². The van der Waals surface area contributed by atoms with Crippen LogP contribution in [-0.4, -0.2) is 30.1 Å². The molecule has 0 bridgehead atoms. The Morgan fingerprint density at radius 1 is 1.15 bits per heavy atom. The first-order valence-corrected chi connectivity index (χ1v) is 9.33. The second kappa shape index (κ2) is 7.51. The third-order valence-electron chi connectivity index (χ3n) is 5.43. The van der Waals surface area contributed by atoms with Gasteiger partial charge < -0.3 is 10.0 Å². The number of hydrogen-bond donors (Lipinski definition) is 1. The van der Waals surface area contributed by atoms with E-state index in [1.54, 1.807) is 12.1 Å². The van der Waals surface area contributed by atoms with E-state index in [2.05, 4.69) is 13.0 Å². The first kappa shape index (κ1) is 19.1. The van der Waals surface area contributed by atoms with Gasteiger partial charge in [-0.25, -0.2) is 4.39 Å². The third kappa shape index (κ3) is 3.44. The Hall–Kier alpha value is -1.68. The van der Waals surface area contributed by atoms with Crippen LogP contribution in [0.1, 0.15) is 30.9 Å². The molecule has 26 heavy (non-hydrogen) atoms. The van der Waals surface area contributed by atoms with Gasteiger partial charge in [-0.05, 0) is 61.7 Å². The fourth-order valence-electron chi connectivity index (χ4n) is 4.05. The quantitative estimate of drug-likeness (QED) is 0.808. The van der Waals surface area contributed by atoms with Gasteiger partial charge in [0.05, 0.1) is 5.02 Å². The van der Waals surface area contributed by atoms with Crippen molar-refractivity contribution in [1.29, 1.82) is 0 Å². The van der Waals surface area contributed by atoms with Crippen molar-refractivity contribution in [2.45, 2.75) is 31.4 Å². The molecule has 2 nitrogen and oxygen atoms in total. The van der Waals surface area contributed by atoms with Gasteiger partial charge in [-0.3, -0.25) is 0 Å². The molecule has 1 N–H and O–H groups in total. The highest BCUT2D eigenvalue weighted by molar-refractivity contribution is 6.30. The Morgan fingerprint density at radius 3 is 2.46 bits per heavy atom. The molecule has 1 fully saturated rings. The largest absolute Gasteiger partial charge is 0.379 e. The van der Waals surface area contributed by atoms with Crippen molar-refractivity contribution < 1.29 is 9.50 Å². The number of halogens is 2. The molecule has 0 aliphatic heterocycles. The van der Waals surface area contributed by atoms with Crippen molar-refractivity contribution in [3.63, 3.8) is 0 Å². The average molecular weight is 374 g/mol. The lowest BCUT2D eigenvalue weighted by atomic mass is 9.67. The SMILES string of the molecule is CC1CCC(N(C)C)C(O)(c2ccc(F)c(Cl)c2)C1=Cc1ccccc1. The van der Waals surface area contributed by atoms with E-state index in [1.165, 1.54) is 6.07 Å². The fraction of sp³-hybridized carbons (Fsp3) is 0.364. The molecule has 0 aromatic heterocycles. The van der Waals surface area contributed by atoms with Gasteiger partial charge in [0.1, 0.15) is 11.4 Å². The van der Waals surface area contributed by atoms with Gasteiger partial charge in [-0.1, -0.05) is 61.0 Å². The molecule has 0 radical (unpaired) electrons. The molecule has 0 heterocycles. The van der Waals surface area contributed by atoms with E-state index in [0.717, 1.165) is 24.0 Å². The number of nitrogens with zero attached hydrogens (tertiary/aromatic N) is 1. The number of likely N-dealkylation sites (N-methyl/N-ethyl adjacent to an activating group) is 1. The van der Waals surface area contributed by atoms with Crippen LogP contribution in [0.2, 0.25) is 5.02 Å². The lowest BCUT2D eigenvalue weighted by Crippen LogP contribution is -2.53. The van der Waals surface area contributed by atoms with Gasteiger partial charge in [-0.15, -0.1) is 0 Å². The molecular weight excluding hydrogens is 349 g/mol. The van der Waals surface area contributed by atoms with Gasteiger partial charge in [0, 0.05) is 6.04 Å². The summed E-state index contributed by atoms with van der Waals surface area (Å²) in [7, 11) is 3.94. The van der Waals surface area contributed by atoms with Gasteiger partial charge in [-0.2, -0.15) is 0 Å². The summed E-state index contributed by atoms with van der Waals surface area (Å²) in [5.74, 6) is -0.266. The molecule has 138 valence electrons. The molecule has 2 aromatic rings. The highest BCUT2D eigenvalue weighted by atomic mass is 35.5. The maximum Gasteiger partial charge on any atom is 0.141 e. The minimum absolute atomic E-state index is 0.0331. The molecule has 1 aliphatic rings. The number of rotatable bonds is 3. The average Bonchev–Trinajstić information content (AvgIpc) is 2.61. The summed E-state index contributed by atoms with van der Waals surface area (Å²) in [4.78, 5) is 2.04. The zero-order valence-corrected chi connectivity index (χ0v) is 16.2. The summed E-state index contributed by atoms with van der Waals surface area (Å²) < 4.78 is 13.7. The second-order valence-electron chi connectivity index (χ2n) is 7.36. The van der Waals surface area contributed by atoms with Crippen molar-refractivity contribution in [2.75, 3.05) is 14.1 Å². The minimum Gasteiger partial charge on any atom is -0.379 e. The van der Waals surface area contributed by atoms with Crippen LogP contribution in [0.4, 0.5) is 4.39 Å². The van der Waals surface area contributed by atoms with Crippen molar-refractivity contribution >= 4 is 17.7 Å². The Bertz CT molecular complexity index is 805. The van der Waals surface area contributed by atoms with Gasteiger partial charge in [0.15, 0.2) is 0 Å². The molecule has 1 aliphatic carbocycles. The van der Waals surface area contributed by atoms with E-state index in [1.807, 2.05) is 49.3 Å². The Balaban J connectivity index is 2.20. The first-order chi connectivity index (χ1) is 12.3. The molecule has 3 atom stereocenters. The van der Waals surface area contributed by atoms with Crippen LogP contribution in [-0.2, 0) is 5.60 Å². The highest BCUT2D eigenvalue weighted by Crippen LogP contribution is 2.47. The summed E-state index contributed by atoms with van der Waals surface area (Å²) in [6, 6.07) is 14.4. The molecule has 3 rings (SSSR count). The number of aliphatic hydroxyl groups is 1. The Kier molecular flexibility index (Phi) is 5.52. The van der Waals surface area contributed by atoms with Crippen LogP contribution < -0.4 is 0 Å². The van der Waals surface area contributed by atoms with E-state index in [0.29, 0.717) is 5.56 Å². The second-order valence-corrected chi connectivity index (χ2v) is 7.77. The summed E-state index contributed by atoms with van der Waals surface area (Å²) in [5.41, 5.74) is 1.39. The van der Waals surface area contributed by atoms with Crippen LogP contribution in [0.5, 0.6) is 0 Å². The number of hydrogen-bond acceptors (Lipinski definition) is 2. The minimum atomic E-state index is -1.23. The summed E-state index contributed by atoms with van der Waals surface area (Å²) in [6.45, 7) is 2.14. The van der Waals surface area contributed by atoms with Crippen LogP contribution >= 0.6 is 11.6 Å². The lowest BCUT2D eigenvalue weighted by Gasteiger charge is -2.48. The zero-order valence-electron chi connectivity index (χ0n) is 15.4. The smallest absolute Gasteiger partial charge is 0.141 e. The number of benzene rings is 2. The monoisotopic (exact) mass is 373 g/mol. The summed E-state index contributed by atoms with van der Waals surface area (Å²) in [5, 5.41) is 12.0. The van der Waals surface area contributed by atoms with E-state index in [4.69, 9.17) is 11.6 Å². The normalized spacial score (nSPS) is 27.9. The van der Waals surface area contributed by atoms with Crippen molar-refractivity contribution in [3.05, 3.63) is 76.1 Å². The molecule has 0 amide bonds. The predicted octanol–water partition coefficient (Wildman–Crippen LogP) is 5.11. The molecule has 0 spiro atoms. The van der Waals surface area contributed by atoms with Gasteiger partial charge in [0.2, 0.25) is 0 Å². The van der Waals surface area contributed by atoms with Crippen LogP contribution in [0.3, 0.4) is 0 Å². The molecule has 3 unspecified atom stereocenters. The topological polar surface area (TPSA) is 23.5 Å². The van der Waals surface area contributed by atoms with E-state index in [-0.39, 0.29) is 17.0 Å². The standard InChI is InChI=1S/C22H25ClFNO/c1-15-9-12-21(25(2)3)22(26,17-10-11-20(24)19(23)14-17)18(15)13-16-7-5-4-6-8-16/h4-8,10-11,13-15,21,26H,9,12H2,1-3H3. The van der Waals surface area contributed by atoms with Gasteiger partial charge in [0.25, 0.3) is 0 Å². The maximum atomic E-state index is 13.7. The molecular formula is C22H25ClFNO. The summed E-state index contributed by atoms with van der Waals surface area (Å²) in [6.07, 6.45) is 3.90. The third-order valence-corrected chi connectivity index (χ3v) is 5.72. The van der Waals surface area contributed by atoms with E-state index >= 15 is 0 Å². The van der Waals surface area contributed by atoms with Crippen molar-refractivity contribution in [1.82, 2.24) is 4.90 Å². The molecule has 2 aromatic carbocycles. The lowest BCUT2D eigenvalue weighted by molar-refractivity contribution is -0.0336. The summed E-state index contributed by atoms with van der Waals surface area (Å²) >= 11 is 6.05. The zero-order chi connectivity index (χ0) is 18.9. The molecule has 4 heteroatoms. The molecule has 1 saturated carbocycles. The van der Waals surface area contributed by atoms with Crippen molar-refractivity contribution in [2.24, 2.45) is 5.92 Å². The van der Waals surface area contributed by atoms with Crippen molar-refractivity contribution in [3.8, 4) is 0 Å². The van der Waals surface area contributed by atoms with E-state index in [9.17, 15) is 9.50 Å². The molecule has 0 saturated heterocycles. The highest BCUT2D eigenvalue weighted by Gasteiger charge is 2.47. The Morgan fingerprint density at radius 2 is 1.85 bits per heavy atom. The first-order valence-electron chi connectivity index (χ1n) is 8.95. The Labute approximate surface area is 159 Å².